The van der Waals surface area contributed by atoms with E-state index in [1.54, 1.807) is 0 Å². The summed E-state index contributed by atoms with van der Waals surface area (Å²) >= 11 is 0. The van der Waals surface area contributed by atoms with Crippen molar-refractivity contribution in [3.63, 3.8) is 0 Å². The third-order valence-electron chi connectivity index (χ3n) is 0. The van der Waals surface area contributed by atoms with Crippen LogP contribution in [0.4, 0.5) is 0 Å². The Morgan fingerprint density at radius 1 is 0.750 bits per heavy atom. The van der Waals surface area contributed by atoms with Gasteiger partial charge in [0.05, 0.1) is 0 Å². The van der Waals surface area contributed by atoms with Crippen molar-refractivity contribution in [3.05, 3.63) is 0 Å². The van der Waals surface area contributed by atoms with Crippen LogP contribution in [0, 0.1) is 0 Å². The maximum absolute atomic E-state index is 0. The van der Waals surface area contributed by atoms with E-state index in [0.717, 1.165) is 0 Å². The van der Waals surface area contributed by atoms with Crippen molar-refractivity contribution < 1.29 is 91.9 Å². The first-order chi connectivity index (χ1) is 0. The summed E-state index contributed by atoms with van der Waals surface area (Å²) in [6, 6.07) is 0. The molecule has 0 atom stereocenters. The molecule has 0 aliphatic heterocycles. The fraction of sp³-hybridized carbons (Fsp3) is 0. The largest absolute Gasteiger partial charge is 2.00 e. The Bertz CT molecular complexity index is 6.00. The molecular weight excluding hydrogens is 188 g/mol. The second-order valence-electron chi connectivity index (χ2n) is 0. The Morgan fingerprint density at radius 3 is 0.750 bits per heavy atom. The molecule has 0 rings (SSSR count). The molecule has 0 aromatic heterocycles. The van der Waals surface area contributed by atoms with Gasteiger partial charge in [-0.25, -0.2) is 0 Å². The molecule has 0 saturated heterocycles. The van der Waals surface area contributed by atoms with Crippen LogP contribution >= 0.6 is 0 Å². The van der Waals surface area contributed by atoms with Crippen LogP contribution in [-0.4, -0.2) is 0 Å². The first-order valence-electron chi connectivity index (χ1n) is 0. The molecule has 4 heavy (non-hydrogen) atoms. The molecule has 0 spiro atoms. The molecule has 0 bridgehead atoms. The van der Waals surface area contributed by atoms with Crippen LogP contribution in [0.2, 0.25) is 0 Å². The zero-order valence-corrected chi connectivity index (χ0v) is 9.00. The molecule has 0 heterocycles. The molecule has 0 aliphatic carbocycles. The van der Waals surface area contributed by atoms with Crippen molar-refractivity contribution in [3.8, 4) is 0 Å². The van der Waals surface area contributed by atoms with Gasteiger partial charge in [0.2, 0.25) is 0 Å². The summed E-state index contributed by atoms with van der Waals surface area (Å²) in [5.41, 5.74) is 0. The van der Waals surface area contributed by atoms with Crippen LogP contribution in [0.5, 0.6) is 0 Å². The van der Waals surface area contributed by atoms with Gasteiger partial charge in [-0.1, -0.05) is 0 Å². The molecule has 0 aromatic rings. The van der Waals surface area contributed by atoms with E-state index in [1.807, 2.05) is 0 Å². The zero-order valence-electron chi connectivity index (χ0n) is 2.69. The Kier molecular flexibility index (Phi) is 118. The van der Waals surface area contributed by atoms with E-state index in [0.29, 0.717) is 0 Å². The van der Waals surface area contributed by atoms with Gasteiger partial charge >= 0.3 is 79.5 Å². The SMILES string of the molecule is [Cl-].[Na+].[Na+].[Pd+2]. The minimum Gasteiger partial charge on any atom is -1.00 e. The Hall–Kier alpha value is 2.95. The van der Waals surface area contributed by atoms with E-state index >= 15 is 0 Å². The first-order valence-corrected chi connectivity index (χ1v) is 0. The average Bonchev–Trinajstić information content (AvgIpc) is 0. The van der Waals surface area contributed by atoms with E-state index < -0.39 is 0 Å². The van der Waals surface area contributed by atoms with Gasteiger partial charge in [0.1, 0.15) is 0 Å². The molecule has 0 amide bonds. The average molecular weight is 188 g/mol. The monoisotopic (exact) mass is 187 g/mol. The number of halogens is 1. The van der Waals surface area contributed by atoms with Crippen molar-refractivity contribution in [2.24, 2.45) is 0 Å². The summed E-state index contributed by atoms with van der Waals surface area (Å²) in [5.74, 6) is 0. The van der Waals surface area contributed by atoms with E-state index in [-0.39, 0.29) is 91.9 Å². The zero-order chi connectivity index (χ0) is 0. The van der Waals surface area contributed by atoms with E-state index in [9.17, 15) is 0 Å². The predicted molar refractivity (Wildman–Crippen MR) is 0 cm³/mol. The summed E-state index contributed by atoms with van der Waals surface area (Å²) in [4.78, 5) is 0. The van der Waals surface area contributed by atoms with Crippen LogP contribution in [0.1, 0.15) is 0 Å². The van der Waals surface area contributed by atoms with Crippen molar-refractivity contribution in [2.45, 2.75) is 0 Å². The normalized spacial score (nSPS) is 0. The van der Waals surface area contributed by atoms with Crippen LogP contribution in [0.15, 0.2) is 0 Å². The molecule has 0 saturated carbocycles. The van der Waals surface area contributed by atoms with Crippen molar-refractivity contribution in [2.75, 3.05) is 0 Å². The van der Waals surface area contributed by atoms with Gasteiger partial charge < -0.3 is 12.4 Å². The second kappa shape index (κ2) is 16.7. The predicted octanol–water partition coefficient (Wildman–Crippen LogP) is -8.99. The quantitative estimate of drug-likeness (QED) is 0.331. The first kappa shape index (κ1) is 28.3. The molecule has 0 N–H and O–H groups in total. The molecular formula is ClNa2Pd+3. The van der Waals surface area contributed by atoms with Crippen molar-refractivity contribution in [1.82, 2.24) is 0 Å². The fourth-order valence-corrected chi connectivity index (χ4v) is 0. The van der Waals surface area contributed by atoms with Crippen molar-refractivity contribution in [1.29, 1.82) is 0 Å². The van der Waals surface area contributed by atoms with Crippen molar-refractivity contribution >= 4 is 0 Å². The molecule has 0 fully saturated rings. The van der Waals surface area contributed by atoms with Gasteiger partial charge in [0, 0.05) is 0 Å². The van der Waals surface area contributed by atoms with Gasteiger partial charge in [0.15, 0.2) is 0 Å². The smallest absolute Gasteiger partial charge is 1.00 e. The van der Waals surface area contributed by atoms with Gasteiger partial charge in [-0.15, -0.1) is 0 Å². The maximum Gasteiger partial charge on any atom is 2.00 e. The Morgan fingerprint density at radius 2 is 0.750 bits per heavy atom. The Labute approximate surface area is 90.1 Å². The standard InChI is InChI=1S/ClH.2Na.Pd/h1H;;;/q;2*+1;+2/p-1. The molecule has 0 radical (unpaired) electrons. The molecule has 0 nitrogen and oxygen atoms in total. The van der Waals surface area contributed by atoms with Crippen LogP contribution in [0.3, 0.4) is 0 Å². The fourth-order valence-electron chi connectivity index (χ4n) is 0. The third-order valence-corrected chi connectivity index (χ3v) is 0. The minimum absolute atomic E-state index is 0. The maximum atomic E-state index is 0. The number of hydrogen-bond donors (Lipinski definition) is 0. The Balaban J connectivity index is 0. The summed E-state index contributed by atoms with van der Waals surface area (Å²) < 4.78 is 0. The summed E-state index contributed by atoms with van der Waals surface area (Å²) in [6.07, 6.45) is 0. The van der Waals surface area contributed by atoms with Gasteiger partial charge in [-0.3, -0.25) is 0 Å². The molecule has 0 unspecified atom stereocenters. The van der Waals surface area contributed by atoms with Crippen LogP contribution in [0.25, 0.3) is 0 Å². The second-order valence-corrected chi connectivity index (χ2v) is 0. The van der Waals surface area contributed by atoms with E-state index in [1.165, 1.54) is 0 Å². The summed E-state index contributed by atoms with van der Waals surface area (Å²) in [7, 11) is 0. The summed E-state index contributed by atoms with van der Waals surface area (Å²) in [5, 5.41) is 0. The van der Waals surface area contributed by atoms with Gasteiger partial charge in [0.25, 0.3) is 0 Å². The topological polar surface area (TPSA) is 0 Å². The third kappa shape index (κ3) is 8.88. The van der Waals surface area contributed by atoms with E-state index in [4.69, 9.17) is 0 Å². The molecule has 4 heteroatoms. The van der Waals surface area contributed by atoms with Crippen LogP contribution < -0.4 is 71.5 Å². The minimum atomic E-state index is 0. The van der Waals surface area contributed by atoms with Gasteiger partial charge in [-0.2, -0.15) is 0 Å². The number of hydrogen-bond acceptors (Lipinski definition) is 0. The molecule has 16 valence electrons. The van der Waals surface area contributed by atoms with E-state index in [2.05, 4.69) is 0 Å². The number of rotatable bonds is 0. The van der Waals surface area contributed by atoms with Gasteiger partial charge in [-0.05, 0) is 0 Å². The summed E-state index contributed by atoms with van der Waals surface area (Å²) in [6.45, 7) is 0. The molecule has 0 aromatic carbocycles. The van der Waals surface area contributed by atoms with Crippen LogP contribution in [-0.2, 0) is 20.4 Å². The molecule has 0 aliphatic rings.